The average molecular weight is 619 g/mol. The summed E-state index contributed by atoms with van der Waals surface area (Å²) in [5, 5.41) is 2.93. The topological polar surface area (TPSA) is 86.8 Å². The van der Waals surface area contributed by atoms with Crippen LogP contribution in [-0.2, 0) is 26.2 Å². The molecular weight excluding hydrogens is 585 g/mol. The SMILES string of the molecule is CC[C@H](C)NC(=O)[C@H](CC)N(Cc1ccc(F)cc1)C(=O)CN(c1ccc(Br)cc1)S(=O)(=O)c1ccccc1. The van der Waals surface area contributed by atoms with Crippen molar-refractivity contribution < 1.29 is 22.4 Å². The Kier molecular flexibility index (Phi) is 10.7. The highest BCUT2D eigenvalue weighted by atomic mass is 79.9. The number of carbonyl (C=O) groups excluding carboxylic acids is 2. The summed E-state index contributed by atoms with van der Waals surface area (Å²) >= 11 is 3.36. The van der Waals surface area contributed by atoms with Gasteiger partial charge in [-0.3, -0.25) is 13.9 Å². The van der Waals surface area contributed by atoms with Gasteiger partial charge >= 0.3 is 0 Å². The van der Waals surface area contributed by atoms with E-state index in [0.29, 0.717) is 24.1 Å². The number of amides is 2. The van der Waals surface area contributed by atoms with Crippen LogP contribution in [0, 0.1) is 5.82 Å². The second-order valence-electron chi connectivity index (χ2n) is 9.19. The number of anilines is 1. The van der Waals surface area contributed by atoms with E-state index in [0.717, 1.165) is 8.78 Å². The molecule has 3 aromatic rings. The molecule has 0 fully saturated rings. The average Bonchev–Trinajstić information content (AvgIpc) is 2.93. The molecule has 0 aromatic heterocycles. The molecule has 39 heavy (non-hydrogen) atoms. The van der Waals surface area contributed by atoms with Gasteiger partial charge in [-0.05, 0) is 73.9 Å². The maximum absolute atomic E-state index is 14.0. The lowest BCUT2D eigenvalue weighted by Crippen LogP contribution is -2.53. The molecule has 0 bridgehead atoms. The number of nitrogens with zero attached hydrogens (tertiary/aromatic N) is 2. The Hall–Kier alpha value is -3.24. The van der Waals surface area contributed by atoms with E-state index in [1.54, 1.807) is 61.5 Å². The third kappa shape index (κ3) is 7.89. The molecule has 0 aliphatic heterocycles. The minimum atomic E-state index is -4.13. The van der Waals surface area contributed by atoms with E-state index >= 15 is 0 Å². The van der Waals surface area contributed by atoms with Gasteiger partial charge in [0.15, 0.2) is 0 Å². The summed E-state index contributed by atoms with van der Waals surface area (Å²) < 4.78 is 42.9. The van der Waals surface area contributed by atoms with Crippen LogP contribution in [0.25, 0.3) is 0 Å². The summed E-state index contributed by atoms with van der Waals surface area (Å²) in [4.78, 5) is 28.6. The van der Waals surface area contributed by atoms with Gasteiger partial charge in [0.25, 0.3) is 10.0 Å². The summed E-state index contributed by atoms with van der Waals surface area (Å²) in [5.74, 6) is -1.31. The number of halogens is 2. The highest BCUT2D eigenvalue weighted by Crippen LogP contribution is 2.26. The number of rotatable bonds is 12. The van der Waals surface area contributed by atoms with Crippen LogP contribution in [0.15, 0.2) is 88.2 Å². The van der Waals surface area contributed by atoms with Gasteiger partial charge in [-0.15, -0.1) is 0 Å². The molecule has 208 valence electrons. The molecule has 3 aromatic carbocycles. The second kappa shape index (κ2) is 13.7. The van der Waals surface area contributed by atoms with E-state index in [9.17, 15) is 22.4 Å². The first-order valence-corrected chi connectivity index (χ1v) is 15.0. The summed E-state index contributed by atoms with van der Waals surface area (Å²) in [6, 6.07) is 19.2. The molecule has 0 radical (unpaired) electrons. The molecule has 0 heterocycles. The first-order valence-electron chi connectivity index (χ1n) is 12.7. The van der Waals surface area contributed by atoms with Crippen molar-refractivity contribution >= 4 is 43.5 Å². The third-order valence-corrected chi connectivity index (χ3v) is 8.69. The highest BCUT2D eigenvalue weighted by molar-refractivity contribution is 9.10. The molecule has 0 aliphatic carbocycles. The molecule has 1 N–H and O–H groups in total. The number of benzene rings is 3. The molecular formula is C29H33BrFN3O4S. The fourth-order valence-electron chi connectivity index (χ4n) is 4.00. The number of sulfonamides is 1. The normalized spacial score (nSPS) is 12.8. The van der Waals surface area contributed by atoms with Gasteiger partial charge in [-0.2, -0.15) is 0 Å². The van der Waals surface area contributed by atoms with Crippen LogP contribution in [0.2, 0.25) is 0 Å². The third-order valence-electron chi connectivity index (χ3n) is 6.38. The van der Waals surface area contributed by atoms with Crippen molar-refractivity contribution in [3.63, 3.8) is 0 Å². The quantitative estimate of drug-likeness (QED) is 0.290. The van der Waals surface area contributed by atoms with E-state index in [2.05, 4.69) is 21.2 Å². The lowest BCUT2D eigenvalue weighted by Gasteiger charge is -2.33. The first kappa shape index (κ1) is 30.3. The van der Waals surface area contributed by atoms with Crippen LogP contribution in [0.3, 0.4) is 0 Å². The van der Waals surface area contributed by atoms with Crippen LogP contribution in [0.5, 0.6) is 0 Å². The van der Waals surface area contributed by atoms with Crippen LogP contribution in [0.1, 0.15) is 39.2 Å². The summed E-state index contributed by atoms with van der Waals surface area (Å²) in [6.07, 6.45) is 1.01. The molecule has 3 rings (SSSR count). The zero-order valence-corrected chi connectivity index (χ0v) is 24.6. The van der Waals surface area contributed by atoms with Crippen molar-refractivity contribution in [3.8, 4) is 0 Å². The van der Waals surface area contributed by atoms with Gasteiger partial charge in [0, 0.05) is 17.1 Å². The van der Waals surface area contributed by atoms with Gasteiger partial charge in [0.1, 0.15) is 18.4 Å². The monoisotopic (exact) mass is 617 g/mol. The minimum absolute atomic E-state index is 0.00507. The summed E-state index contributed by atoms with van der Waals surface area (Å²) in [5.41, 5.74) is 0.912. The zero-order valence-electron chi connectivity index (χ0n) is 22.2. The summed E-state index contributed by atoms with van der Waals surface area (Å²) in [7, 11) is -4.13. The maximum Gasteiger partial charge on any atom is 0.264 e. The standard InChI is InChI=1S/C29H33BrFN3O4S/c1-4-21(3)32-29(36)27(5-2)33(19-22-11-15-24(31)16-12-22)28(35)20-34(25-17-13-23(30)14-18-25)39(37,38)26-9-7-6-8-10-26/h6-18,21,27H,4-5,19-20H2,1-3H3,(H,32,36)/t21-,27-/m0/s1. The van der Waals surface area contributed by atoms with Crippen molar-refractivity contribution in [1.82, 2.24) is 10.2 Å². The predicted molar refractivity (Wildman–Crippen MR) is 154 cm³/mol. The van der Waals surface area contributed by atoms with Crippen molar-refractivity contribution in [2.24, 2.45) is 0 Å². The molecule has 0 aliphatic rings. The fourth-order valence-corrected chi connectivity index (χ4v) is 5.70. The van der Waals surface area contributed by atoms with Gasteiger partial charge in [0.05, 0.1) is 10.6 Å². The Balaban J connectivity index is 2.03. The van der Waals surface area contributed by atoms with Crippen molar-refractivity contribution in [3.05, 3.63) is 94.7 Å². The number of hydrogen-bond donors (Lipinski definition) is 1. The Morgan fingerprint density at radius 2 is 1.54 bits per heavy atom. The van der Waals surface area contributed by atoms with Crippen LogP contribution >= 0.6 is 15.9 Å². The Labute approximate surface area is 238 Å². The Morgan fingerprint density at radius 1 is 0.923 bits per heavy atom. The van der Waals surface area contributed by atoms with Crippen LogP contribution < -0.4 is 9.62 Å². The largest absolute Gasteiger partial charge is 0.352 e. The van der Waals surface area contributed by atoms with Gasteiger partial charge < -0.3 is 10.2 Å². The van der Waals surface area contributed by atoms with Crippen molar-refractivity contribution in [2.75, 3.05) is 10.8 Å². The molecule has 2 atom stereocenters. The predicted octanol–water partition coefficient (Wildman–Crippen LogP) is 5.51. The number of hydrogen-bond acceptors (Lipinski definition) is 4. The lowest BCUT2D eigenvalue weighted by atomic mass is 10.1. The Bertz CT molecular complexity index is 1350. The molecule has 7 nitrogen and oxygen atoms in total. The zero-order chi connectivity index (χ0) is 28.6. The molecule has 0 saturated heterocycles. The first-order chi connectivity index (χ1) is 18.6. The summed E-state index contributed by atoms with van der Waals surface area (Å²) in [6.45, 7) is 5.08. The lowest BCUT2D eigenvalue weighted by molar-refractivity contribution is -0.140. The van der Waals surface area contributed by atoms with E-state index in [4.69, 9.17) is 0 Å². The fraction of sp³-hybridized carbons (Fsp3) is 0.310. The van der Waals surface area contributed by atoms with Gasteiger partial charge in [0.2, 0.25) is 11.8 Å². The highest BCUT2D eigenvalue weighted by Gasteiger charge is 2.33. The molecule has 10 heteroatoms. The van der Waals surface area contributed by atoms with Gasteiger partial charge in [-0.1, -0.05) is 60.1 Å². The van der Waals surface area contributed by atoms with Crippen molar-refractivity contribution in [1.29, 1.82) is 0 Å². The molecule has 0 spiro atoms. The van der Waals surface area contributed by atoms with Crippen LogP contribution in [0.4, 0.5) is 10.1 Å². The van der Waals surface area contributed by atoms with E-state index in [1.165, 1.54) is 29.2 Å². The van der Waals surface area contributed by atoms with Crippen LogP contribution in [-0.4, -0.2) is 43.8 Å². The van der Waals surface area contributed by atoms with E-state index < -0.39 is 34.3 Å². The van der Waals surface area contributed by atoms with E-state index in [-0.39, 0.29) is 23.4 Å². The maximum atomic E-state index is 14.0. The second-order valence-corrected chi connectivity index (χ2v) is 12.0. The number of nitrogens with one attached hydrogen (secondary N) is 1. The number of carbonyl (C=O) groups is 2. The van der Waals surface area contributed by atoms with E-state index in [1.807, 2.05) is 13.8 Å². The van der Waals surface area contributed by atoms with Crippen molar-refractivity contribution in [2.45, 2.75) is 57.1 Å². The minimum Gasteiger partial charge on any atom is -0.352 e. The molecule has 0 unspecified atom stereocenters. The smallest absolute Gasteiger partial charge is 0.264 e. The molecule has 0 saturated carbocycles. The molecule has 2 amide bonds. The Morgan fingerprint density at radius 3 is 2.10 bits per heavy atom. The van der Waals surface area contributed by atoms with Gasteiger partial charge in [-0.25, -0.2) is 12.8 Å².